The Morgan fingerprint density at radius 2 is 2.19 bits per heavy atom. The molecule has 4 heteroatoms. The van der Waals surface area contributed by atoms with Gasteiger partial charge in [0.05, 0.1) is 0 Å². The van der Waals surface area contributed by atoms with E-state index in [1.165, 1.54) is 0 Å². The fourth-order valence-corrected chi connectivity index (χ4v) is 3.23. The van der Waals surface area contributed by atoms with Crippen LogP contribution in [0.2, 0.25) is 0 Å². The van der Waals surface area contributed by atoms with Crippen molar-refractivity contribution in [1.29, 1.82) is 0 Å². The summed E-state index contributed by atoms with van der Waals surface area (Å²) < 4.78 is 16.9. The molecule has 0 aliphatic carbocycles. The monoisotopic (exact) mass is 223 g/mol. The zero-order valence-electron chi connectivity index (χ0n) is 9.62. The zero-order chi connectivity index (χ0) is 11.2. The molecule has 0 radical (unpaired) electrons. The van der Waals surface area contributed by atoms with Gasteiger partial charge in [0.15, 0.2) is 5.67 Å². The van der Waals surface area contributed by atoms with Gasteiger partial charge in [0.1, 0.15) is 5.82 Å². The predicted molar refractivity (Wildman–Crippen MR) is 59.9 cm³/mol. The summed E-state index contributed by atoms with van der Waals surface area (Å²) in [7, 11) is 0. The average Bonchev–Trinajstić information content (AvgIpc) is 2.85. The standard InChI is InChI=1S/C12H18FN3/c1-2-16-6-5-14-11(16)12(13)7-9-3-4-10(8-12)15-9/h5-6,9-10,15H,2-4,7-8H2,1H3. The normalized spacial score (nSPS) is 37.9. The summed E-state index contributed by atoms with van der Waals surface area (Å²) in [5.41, 5.74) is -1.21. The Morgan fingerprint density at radius 1 is 1.50 bits per heavy atom. The number of imidazole rings is 1. The Bertz CT molecular complexity index is 375. The molecule has 88 valence electrons. The fraction of sp³-hybridized carbons (Fsp3) is 0.750. The lowest BCUT2D eigenvalue weighted by Gasteiger charge is -2.34. The Morgan fingerprint density at radius 3 is 2.81 bits per heavy atom. The van der Waals surface area contributed by atoms with Crippen LogP contribution in [-0.2, 0) is 12.2 Å². The molecular formula is C12H18FN3. The lowest BCUT2D eigenvalue weighted by molar-refractivity contribution is 0.0737. The van der Waals surface area contributed by atoms with Crippen LogP contribution in [0.25, 0.3) is 0 Å². The molecule has 3 rings (SSSR count). The van der Waals surface area contributed by atoms with Crippen LogP contribution in [0.1, 0.15) is 38.4 Å². The third-order valence-corrected chi connectivity index (χ3v) is 3.93. The van der Waals surface area contributed by atoms with E-state index in [2.05, 4.69) is 10.3 Å². The molecule has 2 atom stereocenters. The van der Waals surface area contributed by atoms with Crippen molar-refractivity contribution in [3.63, 3.8) is 0 Å². The first-order valence-corrected chi connectivity index (χ1v) is 6.18. The lowest BCUT2D eigenvalue weighted by atomic mass is 9.88. The van der Waals surface area contributed by atoms with Crippen LogP contribution in [0.5, 0.6) is 0 Å². The van der Waals surface area contributed by atoms with Gasteiger partial charge in [-0.05, 0) is 19.8 Å². The molecule has 0 amide bonds. The largest absolute Gasteiger partial charge is 0.333 e. The van der Waals surface area contributed by atoms with Gasteiger partial charge in [-0.15, -0.1) is 0 Å². The molecule has 1 aromatic heterocycles. The molecule has 2 unspecified atom stereocenters. The number of hydrogen-bond donors (Lipinski definition) is 1. The van der Waals surface area contributed by atoms with E-state index >= 15 is 4.39 Å². The van der Waals surface area contributed by atoms with E-state index in [-0.39, 0.29) is 0 Å². The SMILES string of the molecule is CCn1ccnc1C1(F)CC2CCC(C1)N2. The highest BCUT2D eigenvalue weighted by molar-refractivity contribution is 5.12. The van der Waals surface area contributed by atoms with Crippen molar-refractivity contribution in [1.82, 2.24) is 14.9 Å². The molecule has 0 aromatic carbocycles. The highest BCUT2D eigenvalue weighted by atomic mass is 19.1. The van der Waals surface area contributed by atoms with Crippen LogP contribution in [0.3, 0.4) is 0 Å². The van der Waals surface area contributed by atoms with E-state index in [1.807, 2.05) is 17.7 Å². The van der Waals surface area contributed by atoms with E-state index in [4.69, 9.17) is 0 Å². The van der Waals surface area contributed by atoms with Gasteiger partial charge in [-0.1, -0.05) is 0 Å². The molecule has 2 saturated heterocycles. The maximum absolute atomic E-state index is 15.0. The maximum atomic E-state index is 15.0. The first-order chi connectivity index (χ1) is 7.71. The van der Waals surface area contributed by atoms with Crippen LogP contribution in [-0.4, -0.2) is 21.6 Å². The fourth-order valence-electron chi connectivity index (χ4n) is 3.23. The summed E-state index contributed by atoms with van der Waals surface area (Å²) in [6.45, 7) is 2.83. The number of piperidine rings is 1. The van der Waals surface area contributed by atoms with Crippen molar-refractivity contribution >= 4 is 0 Å². The molecule has 2 aliphatic heterocycles. The van der Waals surface area contributed by atoms with E-state index < -0.39 is 5.67 Å². The van der Waals surface area contributed by atoms with E-state index in [0.29, 0.717) is 30.7 Å². The molecule has 0 spiro atoms. The van der Waals surface area contributed by atoms with Crippen LogP contribution < -0.4 is 5.32 Å². The van der Waals surface area contributed by atoms with Crippen molar-refractivity contribution in [3.8, 4) is 0 Å². The van der Waals surface area contributed by atoms with Crippen LogP contribution in [0.4, 0.5) is 4.39 Å². The summed E-state index contributed by atoms with van der Waals surface area (Å²) in [5, 5.41) is 3.47. The molecule has 2 fully saturated rings. The van der Waals surface area contributed by atoms with Crippen LogP contribution in [0.15, 0.2) is 12.4 Å². The number of halogens is 1. The van der Waals surface area contributed by atoms with Gasteiger partial charge < -0.3 is 9.88 Å². The first-order valence-electron chi connectivity index (χ1n) is 6.18. The Kier molecular flexibility index (Phi) is 2.28. The minimum absolute atomic E-state index is 0.353. The molecule has 3 nitrogen and oxygen atoms in total. The number of hydrogen-bond acceptors (Lipinski definition) is 2. The Hall–Kier alpha value is -0.900. The van der Waals surface area contributed by atoms with Crippen LogP contribution >= 0.6 is 0 Å². The van der Waals surface area contributed by atoms with Gasteiger partial charge in [0.25, 0.3) is 0 Å². The summed E-state index contributed by atoms with van der Waals surface area (Å²) >= 11 is 0. The number of nitrogens with zero attached hydrogens (tertiary/aromatic N) is 2. The maximum Gasteiger partial charge on any atom is 0.171 e. The molecule has 1 N–H and O–H groups in total. The summed E-state index contributed by atoms with van der Waals surface area (Å²) in [6, 6.07) is 0.705. The third-order valence-electron chi connectivity index (χ3n) is 3.93. The molecule has 2 bridgehead atoms. The topological polar surface area (TPSA) is 29.9 Å². The van der Waals surface area contributed by atoms with Gasteiger partial charge in [0.2, 0.25) is 0 Å². The highest BCUT2D eigenvalue weighted by Crippen LogP contribution is 2.42. The van der Waals surface area contributed by atoms with Gasteiger partial charge in [-0.3, -0.25) is 0 Å². The minimum Gasteiger partial charge on any atom is -0.333 e. The number of aromatic nitrogens is 2. The molecule has 16 heavy (non-hydrogen) atoms. The van der Waals surface area contributed by atoms with E-state index in [0.717, 1.165) is 19.4 Å². The van der Waals surface area contributed by atoms with Gasteiger partial charge in [-0.25, -0.2) is 9.37 Å². The molecule has 2 aliphatic rings. The summed E-state index contributed by atoms with van der Waals surface area (Å²) in [4.78, 5) is 4.24. The van der Waals surface area contributed by atoms with Crippen molar-refractivity contribution in [2.45, 2.75) is 56.9 Å². The first kappa shape index (κ1) is 10.3. The highest BCUT2D eigenvalue weighted by Gasteiger charge is 2.47. The Labute approximate surface area is 95.1 Å². The van der Waals surface area contributed by atoms with Crippen molar-refractivity contribution < 1.29 is 4.39 Å². The molecule has 3 heterocycles. The smallest absolute Gasteiger partial charge is 0.171 e. The molecule has 1 aromatic rings. The van der Waals surface area contributed by atoms with Crippen LogP contribution in [0, 0.1) is 0 Å². The number of aryl methyl sites for hydroxylation is 1. The predicted octanol–water partition coefficient (Wildman–Crippen LogP) is 1.98. The van der Waals surface area contributed by atoms with Gasteiger partial charge in [-0.2, -0.15) is 0 Å². The van der Waals surface area contributed by atoms with Crippen molar-refractivity contribution in [2.75, 3.05) is 0 Å². The molecule has 0 saturated carbocycles. The lowest BCUT2D eigenvalue weighted by Crippen LogP contribution is -2.45. The van der Waals surface area contributed by atoms with Crippen molar-refractivity contribution in [3.05, 3.63) is 18.2 Å². The van der Waals surface area contributed by atoms with Gasteiger partial charge in [0, 0.05) is 43.9 Å². The quantitative estimate of drug-likeness (QED) is 0.831. The minimum atomic E-state index is -1.21. The summed E-state index contributed by atoms with van der Waals surface area (Å²) in [5.74, 6) is 0.633. The number of rotatable bonds is 2. The Balaban J connectivity index is 1.93. The second kappa shape index (κ2) is 3.55. The van der Waals surface area contributed by atoms with E-state index in [9.17, 15) is 0 Å². The number of alkyl halides is 1. The third kappa shape index (κ3) is 1.47. The number of nitrogens with one attached hydrogen (secondary N) is 1. The van der Waals surface area contributed by atoms with E-state index in [1.54, 1.807) is 6.20 Å². The second-order valence-electron chi connectivity index (χ2n) is 5.05. The van der Waals surface area contributed by atoms with Crippen molar-refractivity contribution in [2.24, 2.45) is 0 Å². The van der Waals surface area contributed by atoms with Gasteiger partial charge >= 0.3 is 0 Å². The number of fused-ring (bicyclic) bond motifs is 2. The second-order valence-corrected chi connectivity index (χ2v) is 5.05. The summed E-state index contributed by atoms with van der Waals surface area (Å²) in [6.07, 6.45) is 6.98. The average molecular weight is 223 g/mol. The molecular weight excluding hydrogens is 205 g/mol. The zero-order valence-corrected chi connectivity index (χ0v) is 9.62.